The molecule has 15 heteroatoms. The largest absolute Gasteiger partial charge is 0.416 e. The van der Waals surface area contributed by atoms with Gasteiger partial charge in [-0.05, 0) is 47.5 Å². The second kappa shape index (κ2) is 10.5. The van der Waals surface area contributed by atoms with Crippen LogP contribution in [0.15, 0.2) is 36.4 Å². The van der Waals surface area contributed by atoms with Gasteiger partial charge in [0, 0.05) is 48.2 Å². The Morgan fingerprint density at radius 2 is 0.676 bits per heavy atom. The van der Waals surface area contributed by atoms with Gasteiger partial charge in [-0.2, -0.15) is 52.7 Å². The fourth-order valence-corrected chi connectivity index (χ4v) is 2.83. The van der Waals surface area contributed by atoms with E-state index in [0.717, 1.165) is 0 Å². The molecule has 0 amide bonds. The normalized spacial score (nSPS) is 15.0. The number of aliphatic hydroxyl groups is 2. The molecule has 0 aliphatic rings. The maximum absolute atomic E-state index is 12.9. The molecule has 0 fully saturated rings. The SMILES string of the molecule is OC(CC(O)c1cc(C(F)(F)F)cc(C(F)(F)F)c1)c1cc(C(F)(F)F)cc(C(F)(F)F)c1.[Ce]. The van der Waals surface area contributed by atoms with E-state index >= 15 is 0 Å². The first-order chi connectivity index (χ1) is 14.7. The van der Waals surface area contributed by atoms with Crippen LogP contribution in [-0.2, 0) is 24.7 Å². The third kappa shape index (κ3) is 7.96. The Morgan fingerprint density at radius 1 is 0.471 bits per heavy atom. The van der Waals surface area contributed by atoms with Crippen molar-refractivity contribution >= 4 is 0 Å². The van der Waals surface area contributed by atoms with Crippen molar-refractivity contribution in [2.75, 3.05) is 0 Å². The molecule has 2 nitrogen and oxygen atoms in total. The van der Waals surface area contributed by atoms with Crippen molar-refractivity contribution in [3.05, 3.63) is 69.8 Å². The molecule has 34 heavy (non-hydrogen) atoms. The second-order valence-corrected chi connectivity index (χ2v) is 6.95. The first-order valence-corrected chi connectivity index (χ1v) is 8.64. The van der Waals surface area contributed by atoms with Gasteiger partial charge in [0.1, 0.15) is 0 Å². The van der Waals surface area contributed by atoms with Crippen LogP contribution in [0.3, 0.4) is 0 Å². The van der Waals surface area contributed by atoms with Crippen molar-refractivity contribution in [1.82, 2.24) is 0 Å². The van der Waals surface area contributed by atoms with Crippen LogP contribution in [0.2, 0.25) is 0 Å². The Balaban J connectivity index is 0.00000578. The first kappa shape index (κ1) is 30.9. The molecule has 188 valence electrons. The second-order valence-electron chi connectivity index (χ2n) is 6.95. The van der Waals surface area contributed by atoms with Crippen LogP contribution < -0.4 is 0 Å². The van der Waals surface area contributed by atoms with Gasteiger partial charge < -0.3 is 10.2 Å². The van der Waals surface area contributed by atoms with Gasteiger partial charge in [-0.25, -0.2) is 0 Å². The molecule has 0 saturated heterocycles. The van der Waals surface area contributed by atoms with E-state index in [0.29, 0.717) is 0 Å². The van der Waals surface area contributed by atoms with E-state index in [2.05, 4.69) is 0 Å². The quantitative estimate of drug-likeness (QED) is 0.357. The van der Waals surface area contributed by atoms with Crippen LogP contribution in [0.1, 0.15) is 52.0 Å². The van der Waals surface area contributed by atoms with Crippen LogP contribution in [0.25, 0.3) is 0 Å². The van der Waals surface area contributed by atoms with Crippen LogP contribution in [0.4, 0.5) is 52.7 Å². The van der Waals surface area contributed by atoms with Gasteiger partial charge in [-0.15, -0.1) is 0 Å². The molecule has 2 atom stereocenters. The first-order valence-electron chi connectivity index (χ1n) is 8.64. The van der Waals surface area contributed by atoms with Crippen LogP contribution in [0, 0.1) is 41.7 Å². The minimum absolute atomic E-state index is 0. The summed E-state index contributed by atoms with van der Waals surface area (Å²) < 4.78 is 155. The average Bonchev–Trinajstić information content (AvgIpc) is 2.64. The Morgan fingerprint density at radius 3 is 0.853 bits per heavy atom. The third-order valence-electron chi connectivity index (χ3n) is 4.44. The zero-order valence-electron chi connectivity index (χ0n) is 16.3. The predicted molar refractivity (Wildman–Crippen MR) is 87.4 cm³/mol. The molecule has 0 aliphatic carbocycles. The minimum Gasteiger partial charge on any atom is -0.388 e. The summed E-state index contributed by atoms with van der Waals surface area (Å²) in [4.78, 5) is 0. The summed E-state index contributed by atoms with van der Waals surface area (Å²) in [5, 5.41) is 20.1. The molecular weight excluding hydrogens is 628 g/mol. The molecule has 0 aliphatic heterocycles. The molecule has 0 heterocycles. The molecule has 0 spiro atoms. The number of benzene rings is 2. The molecule has 2 aromatic rings. The summed E-state index contributed by atoms with van der Waals surface area (Å²) in [6.07, 6.45) is -26.9. The fourth-order valence-electron chi connectivity index (χ4n) is 2.83. The van der Waals surface area contributed by atoms with Crippen LogP contribution in [0.5, 0.6) is 0 Å². The fraction of sp³-hybridized carbons (Fsp3) is 0.368. The van der Waals surface area contributed by atoms with Gasteiger partial charge in [-0.1, -0.05) is 0 Å². The summed E-state index contributed by atoms with van der Waals surface area (Å²) in [5.41, 5.74) is -9.23. The van der Waals surface area contributed by atoms with Crippen molar-refractivity contribution in [1.29, 1.82) is 0 Å². The Labute approximate surface area is 217 Å². The number of aliphatic hydroxyl groups excluding tert-OH is 2. The monoisotopic (exact) mass is 640 g/mol. The molecule has 0 aromatic heterocycles. The summed E-state index contributed by atoms with van der Waals surface area (Å²) in [6, 6.07) is 0.0176. The van der Waals surface area contributed by atoms with E-state index in [1.54, 1.807) is 0 Å². The van der Waals surface area contributed by atoms with Crippen molar-refractivity contribution in [2.45, 2.75) is 43.3 Å². The number of hydrogen-bond acceptors (Lipinski definition) is 2. The van der Waals surface area contributed by atoms with E-state index in [4.69, 9.17) is 0 Å². The predicted octanol–water partition coefficient (Wildman–Crippen LogP) is 6.92. The van der Waals surface area contributed by atoms with E-state index in [1.165, 1.54) is 0 Å². The summed E-state index contributed by atoms with van der Waals surface area (Å²) in [6.45, 7) is 0. The van der Waals surface area contributed by atoms with Gasteiger partial charge in [0.25, 0.3) is 0 Å². The standard InChI is InChI=1S/C19H12F12O2.Ce/c20-16(21,22)10-1-8(2-11(5-10)17(23,24)25)14(32)7-15(33)9-3-12(18(26,27)28)6-13(4-9)19(29,30)31;/h1-6,14-15,32-33H,7H2;. The van der Waals surface area contributed by atoms with Crippen molar-refractivity contribution in [2.24, 2.45) is 0 Å². The van der Waals surface area contributed by atoms with Crippen LogP contribution in [-0.4, -0.2) is 10.2 Å². The Bertz CT molecular complexity index is 849. The van der Waals surface area contributed by atoms with E-state index in [9.17, 15) is 62.9 Å². The number of hydrogen-bond donors (Lipinski definition) is 2. The molecule has 2 N–H and O–H groups in total. The van der Waals surface area contributed by atoms with Gasteiger partial charge in [0.05, 0.1) is 34.5 Å². The van der Waals surface area contributed by atoms with Gasteiger partial charge in [-0.3, -0.25) is 0 Å². The van der Waals surface area contributed by atoms with Crippen LogP contribution >= 0.6 is 0 Å². The summed E-state index contributed by atoms with van der Waals surface area (Å²) in [5.74, 6) is 0. The summed E-state index contributed by atoms with van der Waals surface area (Å²) >= 11 is 0. The molecule has 2 unspecified atom stereocenters. The molecule has 2 aromatic carbocycles. The number of alkyl halides is 12. The van der Waals surface area contributed by atoms with Crippen molar-refractivity contribution in [3.8, 4) is 0 Å². The summed E-state index contributed by atoms with van der Waals surface area (Å²) in [7, 11) is 0. The molecule has 0 saturated carbocycles. The number of halogens is 12. The number of rotatable bonds is 4. The van der Waals surface area contributed by atoms with Gasteiger partial charge in [0.15, 0.2) is 0 Å². The van der Waals surface area contributed by atoms with Gasteiger partial charge in [0.2, 0.25) is 0 Å². The van der Waals surface area contributed by atoms with E-state index in [1.807, 2.05) is 0 Å². The topological polar surface area (TPSA) is 40.5 Å². The van der Waals surface area contributed by atoms with E-state index in [-0.39, 0.29) is 78.1 Å². The van der Waals surface area contributed by atoms with E-state index < -0.39 is 76.7 Å². The molecule has 0 radical (unpaired) electrons. The third-order valence-corrected chi connectivity index (χ3v) is 4.44. The maximum Gasteiger partial charge on any atom is 0.416 e. The van der Waals surface area contributed by atoms with Crippen molar-refractivity contribution < 1.29 is 105 Å². The maximum atomic E-state index is 12.9. The molecular formula is C19H12CeF12O2. The van der Waals surface area contributed by atoms with Gasteiger partial charge >= 0.3 is 24.7 Å². The van der Waals surface area contributed by atoms with Crippen molar-refractivity contribution in [3.63, 3.8) is 0 Å². The molecule has 2 rings (SSSR count). The Hall–Kier alpha value is -1.10. The minimum atomic E-state index is -5.27. The smallest absolute Gasteiger partial charge is 0.388 e. The Kier molecular flexibility index (Phi) is 9.53. The average molecular weight is 640 g/mol. The zero-order chi connectivity index (χ0) is 25.6. The zero-order valence-corrected chi connectivity index (χ0v) is 19.4. The molecule has 0 bridgehead atoms.